The Bertz CT molecular complexity index is 694. The third-order valence-electron chi connectivity index (χ3n) is 4.69. The second-order valence-electron chi connectivity index (χ2n) is 6.52. The lowest BCUT2D eigenvalue weighted by molar-refractivity contribution is -0.118. The highest BCUT2D eigenvalue weighted by molar-refractivity contribution is 7.99. The first-order valence-electron chi connectivity index (χ1n) is 9.35. The van der Waals surface area contributed by atoms with Gasteiger partial charge in [0.05, 0.1) is 16.8 Å². The van der Waals surface area contributed by atoms with Crippen molar-refractivity contribution in [3.63, 3.8) is 0 Å². The van der Waals surface area contributed by atoms with E-state index in [0.717, 1.165) is 42.2 Å². The molecule has 0 bridgehead atoms. The minimum atomic E-state index is 0.0957. The molecule has 2 aromatic rings. The Morgan fingerprint density at radius 3 is 2.84 bits per heavy atom. The van der Waals surface area contributed by atoms with E-state index in [-0.39, 0.29) is 5.91 Å². The molecule has 0 atom stereocenters. The monoisotopic (exact) mass is 360 g/mol. The van der Waals surface area contributed by atoms with Crippen LogP contribution < -0.4 is 5.32 Å². The molecule has 1 aromatic heterocycles. The normalized spacial score (nSPS) is 15.6. The van der Waals surface area contributed by atoms with Crippen LogP contribution >= 0.6 is 11.8 Å². The Morgan fingerprint density at radius 2 is 2.04 bits per heavy atom. The van der Waals surface area contributed by atoms with Gasteiger partial charge in [0.25, 0.3) is 0 Å². The average Bonchev–Trinajstić information content (AvgIpc) is 3.02. The van der Waals surface area contributed by atoms with Crippen molar-refractivity contribution >= 4 is 28.7 Å². The summed E-state index contributed by atoms with van der Waals surface area (Å²) in [4.78, 5) is 19.3. The predicted octanol–water partition coefficient (Wildman–Crippen LogP) is 3.14. The number of fused-ring (bicyclic) bond motifs is 1. The van der Waals surface area contributed by atoms with Crippen molar-refractivity contribution in [2.24, 2.45) is 0 Å². The molecular formula is C19H28N4OS. The molecule has 5 nitrogen and oxygen atoms in total. The Morgan fingerprint density at radius 1 is 1.24 bits per heavy atom. The molecule has 1 aliphatic heterocycles. The van der Waals surface area contributed by atoms with Crippen LogP contribution in [0, 0.1) is 0 Å². The minimum absolute atomic E-state index is 0.0957. The second kappa shape index (κ2) is 9.25. The number of para-hydroxylation sites is 2. The largest absolute Gasteiger partial charge is 0.355 e. The summed E-state index contributed by atoms with van der Waals surface area (Å²) in [5, 5.41) is 3.96. The Labute approximate surface area is 154 Å². The fourth-order valence-corrected chi connectivity index (χ4v) is 4.27. The first kappa shape index (κ1) is 18.3. The molecule has 0 radical (unpaired) electrons. The number of piperidine rings is 1. The first-order chi connectivity index (χ1) is 12.3. The Balaban J connectivity index is 1.41. The van der Waals surface area contributed by atoms with E-state index in [2.05, 4.69) is 32.8 Å². The summed E-state index contributed by atoms with van der Waals surface area (Å²) in [5.41, 5.74) is 2.13. The van der Waals surface area contributed by atoms with Crippen LogP contribution in [-0.2, 0) is 11.3 Å². The Kier molecular flexibility index (Phi) is 6.76. The third kappa shape index (κ3) is 4.98. The van der Waals surface area contributed by atoms with E-state index in [1.807, 2.05) is 18.2 Å². The van der Waals surface area contributed by atoms with Gasteiger partial charge in [-0.15, -0.1) is 0 Å². The van der Waals surface area contributed by atoms with Gasteiger partial charge in [0.15, 0.2) is 5.16 Å². The topological polar surface area (TPSA) is 50.2 Å². The quantitative estimate of drug-likeness (QED) is 0.580. The van der Waals surface area contributed by atoms with E-state index in [0.29, 0.717) is 5.75 Å². The number of rotatable bonds is 8. The van der Waals surface area contributed by atoms with Crippen molar-refractivity contribution < 1.29 is 4.79 Å². The van der Waals surface area contributed by atoms with Crippen LogP contribution in [0.3, 0.4) is 0 Å². The number of aromatic nitrogens is 2. The molecule has 25 heavy (non-hydrogen) atoms. The number of likely N-dealkylation sites (tertiary alicyclic amines) is 1. The molecule has 1 fully saturated rings. The highest BCUT2D eigenvalue weighted by atomic mass is 32.2. The molecule has 1 aromatic carbocycles. The van der Waals surface area contributed by atoms with Gasteiger partial charge in [-0.05, 0) is 58.0 Å². The van der Waals surface area contributed by atoms with E-state index >= 15 is 0 Å². The van der Waals surface area contributed by atoms with Gasteiger partial charge < -0.3 is 14.8 Å². The lowest BCUT2D eigenvalue weighted by Gasteiger charge is -2.26. The molecule has 136 valence electrons. The van der Waals surface area contributed by atoms with E-state index in [1.54, 1.807) is 0 Å². The summed E-state index contributed by atoms with van der Waals surface area (Å²) in [6.45, 7) is 7.27. The van der Waals surface area contributed by atoms with Crippen LogP contribution in [0.4, 0.5) is 0 Å². The molecule has 0 spiro atoms. The summed E-state index contributed by atoms with van der Waals surface area (Å²) in [6.07, 6.45) is 5.04. The number of hydrogen-bond donors (Lipinski definition) is 1. The maximum absolute atomic E-state index is 12.1. The maximum Gasteiger partial charge on any atom is 0.230 e. The standard InChI is InChI=1S/C19H28N4OS/c1-2-23-17-10-5-4-9-16(17)21-19(23)25-15-18(24)20-11-8-14-22-12-6-3-7-13-22/h4-5,9-10H,2-3,6-8,11-15H2,1H3,(H,20,24). The number of nitrogens with zero attached hydrogens (tertiary/aromatic N) is 3. The van der Waals surface area contributed by atoms with Crippen molar-refractivity contribution in [3.8, 4) is 0 Å². The first-order valence-corrected chi connectivity index (χ1v) is 10.3. The van der Waals surface area contributed by atoms with Gasteiger partial charge in [-0.2, -0.15) is 0 Å². The van der Waals surface area contributed by atoms with Gasteiger partial charge >= 0.3 is 0 Å². The molecule has 3 rings (SSSR count). The summed E-state index contributed by atoms with van der Waals surface area (Å²) >= 11 is 1.52. The summed E-state index contributed by atoms with van der Waals surface area (Å²) in [7, 11) is 0. The van der Waals surface area contributed by atoms with Crippen LogP contribution in [0.15, 0.2) is 29.4 Å². The number of amides is 1. The van der Waals surface area contributed by atoms with Crippen molar-refractivity contribution in [2.45, 2.75) is 44.3 Å². The fraction of sp³-hybridized carbons (Fsp3) is 0.579. The zero-order valence-corrected chi connectivity index (χ0v) is 15.9. The number of thioether (sulfide) groups is 1. The number of imidazole rings is 1. The van der Waals surface area contributed by atoms with Gasteiger partial charge in [-0.1, -0.05) is 30.3 Å². The van der Waals surface area contributed by atoms with Gasteiger partial charge in [0.1, 0.15) is 0 Å². The van der Waals surface area contributed by atoms with Crippen LogP contribution in [0.5, 0.6) is 0 Å². The molecule has 1 saturated heterocycles. The minimum Gasteiger partial charge on any atom is -0.355 e. The smallest absolute Gasteiger partial charge is 0.230 e. The second-order valence-corrected chi connectivity index (χ2v) is 7.46. The molecule has 1 N–H and O–H groups in total. The van der Waals surface area contributed by atoms with Crippen LogP contribution in [0.25, 0.3) is 11.0 Å². The van der Waals surface area contributed by atoms with E-state index in [1.165, 1.54) is 44.1 Å². The average molecular weight is 361 g/mol. The number of aryl methyl sites for hydroxylation is 1. The zero-order chi connectivity index (χ0) is 17.5. The van der Waals surface area contributed by atoms with Crippen molar-refractivity contribution in [2.75, 3.05) is 31.9 Å². The van der Waals surface area contributed by atoms with Crippen molar-refractivity contribution in [1.82, 2.24) is 19.8 Å². The lowest BCUT2D eigenvalue weighted by Crippen LogP contribution is -2.33. The molecule has 0 unspecified atom stereocenters. The highest BCUT2D eigenvalue weighted by Crippen LogP contribution is 2.23. The molecule has 0 aliphatic carbocycles. The molecule has 1 amide bonds. The molecule has 2 heterocycles. The lowest BCUT2D eigenvalue weighted by atomic mass is 10.1. The summed E-state index contributed by atoms with van der Waals surface area (Å²) in [6, 6.07) is 8.13. The van der Waals surface area contributed by atoms with Crippen LogP contribution in [-0.4, -0.2) is 52.3 Å². The SMILES string of the molecule is CCn1c(SCC(=O)NCCCN2CCCCC2)nc2ccccc21. The van der Waals surface area contributed by atoms with E-state index in [9.17, 15) is 4.79 Å². The summed E-state index contributed by atoms with van der Waals surface area (Å²) in [5.74, 6) is 0.519. The number of nitrogens with one attached hydrogen (secondary N) is 1. The molecular weight excluding hydrogens is 332 g/mol. The van der Waals surface area contributed by atoms with E-state index in [4.69, 9.17) is 0 Å². The third-order valence-corrected chi connectivity index (χ3v) is 5.67. The number of benzene rings is 1. The van der Waals surface area contributed by atoms with Gasteiger partial charge in [-0.25, -0.2) is 4.98 Å². The highest BCUT2D eigenvalue weighted by Gasteiger charge is 2.12. The number of hydrogen-bond acceptors (Lipinski definition) is 4. The van der Waals surface area contributed by atoms with Gasteiger partial charge in [0, 0.05) is 13.1 Å². The van der Waals surface area contributed by atoms with Gasteiger partial charge in [0.2, 0.25) is 5.91 Å². The van der Waals surface area contributed by atoms with E-state index < -0.39 is 0 Å². The Hall–Kier alpha value is -1.53. The maximum atomic E-state index is 12.1. The van der Waals surface area contributed by atoms with Crippen LogP contribution in [0.1, 0.15) is 32.6 Å². The van der Waals surface area contributed by atoms with Crippen molar-refractivity contribution in [1.29, 1.82) is 0 Å². The summed E-state index contributed by atoms with van der Waals surface area (Å²) < 4.78 is 2.17. The molecule has 1 aliphatic rings. The van der Waals surface area contributed by atoms with Crippen LogP contribution in [0.2, 0.25) is 0 Å². The molecule has 6 heteroatoms. The van der Waals surface area contributed by atoms with Crippen molar-refractivity contribution in [3.05, 3.63) is 24.3 Å². The number of carbonyl (C=O) groups is 1. The fourth-order valence-electron chi connectivity index (χ4n) is 3.36. The predicted molar refractivity (Wildman–Crippen MR) is 104 cm³/mol. The number of carbonyl (C=O) groups excluding carboxylic acids is 1. The zero-order valence-electron chi connectivity index (χ0n) is 15.0. The molecule has 0 saturated carbocycles. The van der Waals surface area contributed by atoms with Gasteiger partial charge in [-0.3, -0.25) is 4.79 Å².